The Morgan fingerprint density at radius 3 is 2.17 bits per heavy atom. The Kier molecular flexibility index (Phi) is 5.62. The summed E-state index contributed by atoms with van der Waals surface area (Å²) in [4.78, 5) is 28.5. The van der Waals surface area contributed by atoms with Gasteiger partial charge in [0.15, 0.2) is 0 Å². The predicted molar refractivity (Wildman–Crippen MR) is 91.9 cm³/mol. The normalized spacial score (nSPS) is 16.9. The molecule has 4 nitrogen and oxygen atoms in total. The molecule has 2 amide bonds. The first-order valence-corrected chi connectivity index (χ1v) is 8.51. The van der Waals surface area contributed by atoms with Crippen LogP contribution in [0.4, 0.5) is 4.39 Å². The topological polar surface area (TPSA) is 40.6 Å². The van der Waals surface area contributed by atoms with Crippen molar-refractivity contribution in [2.75, 3.05) is 26.2 Å². The molecular formula is C19H27FN2O2. The van der Waals surface area contributed by atoms with Gasteiger partial charge in [-0.05, 0) is 18.1 Å². The van der Waals surface area contributed by atoms with E-state index in [2.05, 4.69) is 0 Å². The van der Waals surface area contributed by atoms with Crippen molar-refractivity contribution in [2.24, 2.45) is 11.3 Å². The molecule has 1 aliphatic heterocycles. The van der Waals surface area contributed by atoms with Crippen molar-refractivity contribution in [2.45, 2.75) is 34.1 Å². The number of nitrogens with zero attached hydrogens (tertiary/aromatic N) is 2. The smallest absolute Gasteiger partial charge is 0.228 e. The molecule has 1 fully saturated rings. The van der Waals surface area contributed by atoms with E-state index in [0.717, 1.165) is 0 Å². The number of carbonyl (C=O) groups excluding carboxylic acids is 2. The van der Waals surface area contributed by atoms with Gasteiger partial charge in [-0.1, -0.05) is 45.9 Å². The van der Waals surface area contributed by atoms with Crippen LogP contribution >= 0.6 is 0 Å². The minimum Gasteiger partial charge on any atom is -0.339 e. The van der Waals surface area contributed by atoms with Crippen LogP contribution in [0.15, 0.2) is 24.3 Å². The van der Waals surface area contributed by atoms with Crippen LogP contribution in [0.1, 0.15) is 33.3 Å². The third-order valence-electron chi connectivity index (χ3n) is 4.43. The summed E-state index contributed by atoms with van der Waals surface area (Å²) >= 11 is 0. The Bertz CT molecular complexity index is 602. The summed E-state index contributed by atoms with van der Waals surface area (Å²) in [6, 6.07) is 6.58. The number of carbonyl (C=O) groups is 2. The van der Waals surface area contributed by atoms with Crippen LogP contribution < -0.4 is 0 Å². The number of amides is 2. The molecule has 1 aromatic rings. The number of hydrogen-bond acceptors (Lipinski definition) is 2. The van der Waals surface area contributed by atoms with Crippen molar-refractivity contribution in [3.05, 3.63) is 35.6 Å². The molecule has 2 rings (SSSR count). The average Bonchev–Trinajstić information content (AvgIpc) is 2.55. The summed E-state index contributed by atoms with van der Waals surface area (Å²) in [5.74, 6) is -0.389. The van der Waals surface area contributed by atoms with Crippen LogP contribution in [0.25, 0.3) is 0 Å². The molecule has 5 heteroatoms. The molecule has 0 spiro atoms. The maximum atomic E-state index is 13.7. The number of rotatable bonds is 3. The lowest BCUT2D eigenvalue weighted by atomic mass is 9.94. The van der Waals surface area contributed by atoms with Crippen LogP contribution in [-0.2, 0) is 16.0 Å². The molecule has 0 aromatic heterocycles. The summed E-state index contributed by atoms with van der Waals surface area (Å²) < 4.78 is 13.7. The average molecular weight is 334 g/mol. The fourth-order valence-electron chi connectivity index (χ4n) is 3.00. The lowest BCUT2D eigenvalue weighted by molar-refractivity contribution is -0.146. The van der Waals surface area contributed by atoms with Crippen molar-refractivity contribution in [3.63, 3.8) is 0 Å². The molecule has 0 aliphatic carbocycles. The zero-order valence-corrected chi connectivity index (χ0v) is 15.0. The van der Waals surface area contributed by atoms with Crippen molar-refractivity contribution in [1.82, 2.24) is 9.80 Å². The van der Waals surface area contributed by atoms with Gasteiger partial charge < -0.3 is 9.80 Å². The minimum atomic E-state index is -0.399. The number of hydrogen-bond donors (Lipinski definition) is 0. The van der Waals surface area contributed by atoms with E-state index in [1.54, 1.807) is 23.1 Å². The second kappa shape index (κ2) is 7.32. The van der Waals surface area contributed by atoms with E-state index in [1.807, 2.05) is 32.6 Å². The quantitative estimate of drug-likeness (QED) is 0.853. The van der Waals surface area contributed by atoms with Crippen LogP contribution in [-0.4, -0.2) is 47.8 Å². The van der Waals surface area contributed by atoms with E-state index in [-0.39, 0.29) is 23.5 Å². The molecule has 1 heterocycles. The van der Waals surface area contributed by atoms with E-state index in [1.165, 1.54) is 6.07 Å². The maximum absolute atomic E-state index is 13.7. The van der Waals surface area contributed by atoms with Crippen molar-refractivity contribution >= 4 is 11.8 Å². The molecule has 0 N–H and O–H groups in total. The lowest BCUT2D eigenvalue weighted by Gasteiger charge is -2.38. The van der Waals surface area contributed by atoms with E-state index in [9.17, 15) is 14.0 Å². The van der Waals surface area contributed by atoms with E-state index < -0.39 is 5.41 Å². The number of benzene rings is 1. The van der Waals surface area contributed by atoms with E-state index >= 15 is 0 Å². The van der Waals surface area contributed by atoms with Gasteiger partial charge in [0.2, 0.25) is 11.8 Å². The molecule has 0 saturated carbocycles. The standard InChI is InChI=1S/C19H27FN2O2/c1-14(13-15-7-5-6-8-16(15)20)17(23)21-9-11-22(12-10-21)18(24)19(2,3)4/h5-8,14H,9-13H2,1-4H3. The van der Waals surface area contributed by atoms with Crippen LogP contribution in [0.5, 0.6) is 0 Å². The summed E-state index contributed by atoms with van der Waals surface area (Å²) in [6.45, 7) is 9.77. The molecule has 1 aromatic carbocycles. The molecular weight excluding hydrogens is 307 g/mol. The highest BCUT2D eigenvalue weighted by Gasteiger charge is 2.31. The van der Waals surface area contributed by atoms with Crippen molar-refractivity contribution in [3.8, 4) is 0 Å². The van der Waals surface area contributed by atoms with Crippen LogP contribution in [0, 0.1) is 17.2 Å². The summed E-state index contributed by atoms with van der Waals surface area (Å²) in [7, 11) is 0. The molecule has 1 saturated heterocycles. The molecule has 1 atom stereocenters. The third kappa shape index (κ3) is 4.34. The highest BCUT2D eigenvalue weighted by molar-refractivity contribution is 5.82. The van der Waals surface area contributed by atoms with Crippen molar-refractivity contribution < 1.29 is 14.0 Å². The largest absolute Gasteiger partial charge is 0.339 e. The number of piperazine rings is 1. The van der Waals surface area contributed by atoms with Gasteiger partial charge in [-0.3, -0.25) is 9.59 Å². The first-order valence-electron chi connectivity index (χ1n) is 8.51. The SMILES string of the molecule is CC(Cc1ccccc1F)C(=O)N1CCN(C(=O)C(C)(C)C)CC1. The second-order valence-corrected chi connectivity index (χ2v) is 7.56. The van der Waals surface area contributed by atoms with Gasteiger partial charge in [0.1, 0.15) is 5.82 Å². The summed E-state index contributed by atoms with van der Waals surface area (Å²) in [5.41, 5.74) is 0.171. The molecule has 132 valence electrons. The van der Waals surface area contributed by atoms with Gasteiger partial charge in [-0.15, -0.1) is 0 Å². The van der Waals surface area contributed by atoms with Gasteiger partial charge >= 0.3 is 0 Å². The Balaban J connectivity index is 1.90. The third-order valence-corrected chi connectivity index (χ3v) is 4.43. The Morgan fingerprint density at radius 1 is 1.08 bits per heavy atom. The Hall–Kier alpha value is -1.91. The van der Waals surface area contributed by atoms with Crippen molar-refractivity contribution in [1.29, 1.82) is 0 Å². The van der Waals surface area contributed by atoms with Crippen LogP contribution in [0.3, 0.4) is 0 Å². The maximum Gasteiger partial charge on any atom is 0.228 e. The first-order chi connectivity index (χ1) is 11.2. The fraction of sp³-hybridized carbons (Fsp3) is 0.579. The van der Waals surface area contributed by atoms with Gasteiger partial charge in [0, 0.05) is 37.5 Å². The molecule has 1 aliphatic rings. The van der Waals surface area contributed by atoms with Gasteiger partial charge in [0.25, 0.3) is 0 Å². The Morgan fingerprint density at radius 2 is 1.62 bits per heavy atom. The Labute approximate surface area is 143 Å². The van der Waals surface area contributed by atoms with Gasteiger partial charge in [0.05, 0.1) is 0 Å². The molecule has 0 bridgehead atoms. The zero-order chi connectivity index (χ0) is 17.9. The molecule has 0 radical (unpaired) electrons. The minimum absolute atomic E-state index is 0.0288. The van der Waals surface area contributed by atoms with Gasteiger partial charge in [-0.2, -0.15) is 0 Å². The second-order valence-electron chi connectivity index (χ2n) is 7.56. The molecule has 1 unspecified atom stereocenters. The molecule has 24 heavy (non-hydrogen) atoms. The van der Waals surface area contributed by atoms with Crippen LogP contribution in [0.2, 0.25) is 0 Å². The van der Waals surface area contributed by atoms with Gasteiger partial charge in [-0.25, -0.2) is 4.39 Å². The highest BCUT2D eigenvalue weighted by Crippen LogP contribution is 2.20. The van der Waals surface area contributed by atoms with E-state index in [4.69, 9.17) is 0 Å². The highest BCUT2D eigenvalue weighted by atomic mass is 19.1. The van der Waals surface area contributed by atoms with E-state index in [0.29, 0.717) is 38.2 Å². The zero-order valence-electron chi connectivity index (χ0n) is 15.0. The lowest BCUT2D eigenvalue weighted by Crippen LogP contribution is -2.54. The summed E-state index contributed by atoms with van der Waals surface area (Å²) in [5, 5.41) is 0. The first kappa shape index (κ1) is 18.4. The fourth-order valence-corrected chi connectivity index (χ4v) is 3.00. The summed E-state index contributed by atoms with van der Waals surface area (Å²) in [6.07, 6.45) is 0.395. The predicted octanol–water partition coefficient (Wildman–Crippen LogP) is 2.72. The monoisotopic (exact) mass is 334 g/mol. The number of halogens is 1.